The SMILES string of the molecule is COC[C@@H](C)NC(=O)c1cccc(I)c1. The van der Waals surface area contributed by atoms with E-state index in [0.29, 0.717) is 12.2 Å². The van der Waals surface area contributed by atoms with Gasteiger partial charge in [-0.3, -0.25) is 4.79 Å². The lowest BCUT2D eigenvalue weighted by Gasteiger charge is -2.12. The Labute approximate surface area is 103 Å². The summed E-state index contributed by atoms with van der Waals surface area (Å²) in [5.74, 6) is -0.0573. The molecule has 1 N–H and O–H groups in total. The molecule has 0 aliphatic rings. The standard InChI is InChI=1S/C11H14INO2/c1-8(7-15-2)13-11(14)9-4-3-5-10(12)6-9/h3-6,8H,7H2,1-2H3,(H,13,14)/t8-/m1/s1. The molecule has 1 aromatic carbocycles. The van der Waals surface area contributed by atoms with Crippen LogP contribution in [0.1, 0.15) is 17.3 Å². The van der Waals surface area contributed by atoms with E-state index in [0.717, 1.165) is 3.57 Å². The highest BCUT2D eigenvalue weighted by Gasteiger charge is 2.09. The maximum atomic E-state index is 11.7. The number of rotatable bonds is 4. The lowest BCUT2D eigenvalue weighted by Crippen LogP contribution is -2.35. The van der Waals surface area contributed by atoms with E-state index < -0.39 is 0 Å². The van der Waals surface area contributed by atoms with Gasteiger partial charge in [-0.15, -0.1) is 0 Å². The number of hydrogen-bond donors (Lipinski definition) is 1. The maximum absolute atomic E-state index is 11.7. The van der Waals surface area contributed by atoms with Gasteiger partial charge in [0, 0.05) is 22.3 Å². The Morgan fingerprint density at radius 3 is 2.93 bits per heavy atom. The summed E-state index contributed by atoms with van der Waals surface area (Å²) < 4.78 is 6.00. The van der Waals surface area contributed by atoms with Gasteiger partial charge in [-0.25, -0.2) is 0 Å². The predicted molar refractivity (Wildman–Crippen MR) is 68.0 cm³/mol. The van der Waals surface area contributed by atoms with Gasteiger partial charge >= 0.3 is 0 Å². The monoisotopic (exact) mass is 319 g/mol. The number of amides is 1. The summed E-state index contributed by atoms with van der Waals surface area (Å²) in [6.45, 7) is 2.44. The molecule has 0 aromatic heterocycles. The molecule has 0 heterocycles. The molecule has 1 rings (SSSR count). The first kappa shape index (κ1) is 12.4. The van der Waals surface area contributed by atoms with Crippen LogP contribution in [0.3, 0.4) is 0 Å². The van der Waals surface area contributed by atoms with Gasteiger partial charge in [-0.05, 0) is 47.7 Å². The quantitative estimate of drug-likeness (QED) is 0.863. The average Bonchev–Trinajstić information content (AvgIpc) is 2.18. The summed E-state index contributed by atoms with van der Waals surface area (Å²) in [4.78, 5) is 11.7. The van der Waals surface area contributed by atoms with Crippen molar-refractivity contribution in [2.75, 3.05) is 13.7 Å². The molecule has 15 heavy (non-hydrogen) atoms. The summed E-state index contributed by atoms with van der Waals surface area (Å²) in [5.41, 5.74) is 0.685. The van der Waals surface area contributed by atoms with Crippen molar-refractivity contribution in [1.82, 2.24) is 5.32 Å². The Morgan fingerprint density at radius 2 is 2.33 bits per heavy atom. The van der Waals surface area contributed by atoms with Gasteiger partial charge in [0.15, 0.2) is 0 Å². The van der Waals surface area contributed by atoms with Crippen LogP contribution in [0.2, 0.25) is 0 Å². The van der Waals surface area contributed by atoms with Crippen molar-refractivity contribution >= 4 is 28.5 Å². The fourth-order valence-corrected chi connectivity index (χ4v) is 1.77. The Hall–Kier alpha value is -0.620. The molecule has 0 radical (unpaired) electrons. The number of ether oxygens (including phenoxy) is 1. The summed E-state index contributed by atoms with van der Waals surface area (Å²) in [6, 6.07) is 7.51. The third-order valence-electron chi connectivity index (χ3n) is 1.88. The molecule has 0 saturated carbocycles. The van der Waals surface area contributed by atoms with Crippen molar-refractivity contribution in [2.24, 2.45) is 0 Å². The van der Waals surface area contributed by atoms with Gasteiger partial charge in [0.25, 0.3) is 5.91 Å². The zero-order valence-electron chi connectivity index (χ0n) is 8.79. The molecule has 3 nitrogen and oxygen atoms in total. The molecule has 0 bridgehead atoms. The van der Waals surface area contributed by atoms with E-state index in [9.17, 15) is 4.79 Å². The largest absolute Gasteiger partial charge is 0.383 e. The van der Waals surface area contributed by atoms with Crippen molar-refractivity contribution in [2.45, 2.75) is 13.0 Å². The van der Waals surface area contributed by atoms with Gasteiger partial charge in [0.05, 0.1) is 6.61 Å². The zero-order chi connectivity index (χ0) is 11.3. The van der Waals surface area contributed by atoms with Gasteiger partial charge < -0.3 is 10.1 Å². The second-order valence-corrected chi connectivity index (χ2v) is 4.59. The Kier molecular flexibility index (Phi) is 5.04. The third kappa shape index (κ3) is 4.17. The summed E-state index contributed by atoms with van der Waals surface area (Å²) in [7, 11) is 1.62. The van der Waals surface area contributed by atoms with Crippen molar-refractivity contribution < 1.29 is 9.53 Å². The second-order valence-electron chi connectivity index (χ2n) is 3.34. The number of methoxy groups -OCH3 is 1. The van der Waals surface area contributed by atoms with Gasteiger partial charge in [0.2, 0.25) is 0 Å². The van der Waals surface area contributed by atoms with Crippen molar-refractivity contribution in [3.05, 3.63) is 33.4 Å². The van der Waals surface area contributed by atoms with Crippen LogP contribution in [0.25, 0.3) is 0 Å². The van der Waals surface area contributed by atoms with E-state index in [4.69, 9.17) is 4.74 Å². The molecule has 1 aromatic rings. The molecule has 1 atom stereocenters. The molecule has 0 unspecified atom stereocenters. The van der Waals surface area contributed by atoms with E-state index in [-0.39, 0.29) is 11.9 Å². The van der Waals surface area contributed by atoms with Crippen LogP contribution in [0.4, 0.5) is 0 Å². The minimum Gasteiger partial charge on any atom is -0.383 e. The molecule has 0 spiro atoms. The molecule has 0 saturated heterocycles. The lowest BCUT2D eigenvalue weighted by molar-refractivity contribution is 0.0905. The van der Waals surface area contributed by atoms with Gasteiger partial charge in [-0.2, -0.15) is 0 Å². The van der Waals surface area contributed by atoms with Crippen LogP contribution in [0, 0.1) is 3.57 Å². The Balaban J connectivity index is 2.61. The number of carbonyl (C=O) groups is 1. The summed E-state index contributed by atoms with van der Waals surface area (Å²) >= 11 is 2.18. The van der Waals surface area contributed by atoms with Crippen molar-refractivity contribution in [3.8, 4) is 0 Å². The van der Waals surface area contributed by atoms with Crippen molar-refractivity contribution in [1.29, 1.82) is 0 Å². The van der Waals surface area contributed by atoms with E-state index >= 15 is 0 Å². The van der Waals surface area contributed by atoms with Gasteiger partial charge in [-0.1, -0.05) is 6.07 Å². The van der Waals surface area contributed by atoms with E-state index in [1.807, 2.05) is 25.1 Å². The van der Waals surface area contributed by atoms with E-state index in [1.54, 1.807) is 13.2 Å². The highest BCUT2D eigenvalue weighted by atomic mass is 127. The molecular formula is C11H14INO2. The third-order valence-corrected chi connectivity index (χ3v) is 2.55. The number of nitrogens with one attached hydrogen (secondary N) is 1. The zero-order valence-corrected chi connectivity index (χ0v) is 10.9. The molecule has 4 heteroatoms. The van der Waals surface area contributed by atoms with Crippen LogP contribution in [-0.2, 0) is 4.74 Å². The van der Waals surface area contributed by atoms with E-state index in [2.05, 4.69) is 27.9 Å². The highest BCUT2D eigenvalue weighted by Crippen LogP contribution is 2.07. The number of benzene rings is 1. The predicted octanol–water partition coefficient (Wildman–Crippen LogP) is 2.06. The molecular weight excluding hydrogens is 305 g/mol. The van der Waals surface area contributed by atoms with Crippen molar-refractivity contribution in [3.63, 3.8) is 0 Å². The lowest BCUT2D eigenvalue weighted by atomic mass is 10.2. The second kappa shape index (κ2) is 6.07. The summed E-state index contributed by atoms with van der Waals surface area (Å²) in [6.07, 6.45) is 0. The average molecular weight is 319 g/mol. The molecule has 0 fully saturated rings. The molecule has 0 aliphatic carbocycles. The highest BCUT2D eigenvalue weighted by molar-refractivity contribution is 14.1. The number of halogens is 1. The first-order valence-electron chi connectivity index (χ1n) is 4.69. The Morgan fingerprint density at radius 1 is 1.60 bits per heavy atom. The topological polar surface area (TPSA) is 38.3 Å². The minimum absolute atomic E-state index is 0.0281. The molecule has 82 valence electrons. The fourth-order valence-electron chi connectivity index (χ4n) is 1.23. The van der Waals surface area contributed by atoms with Crippen LogP contribution in [0.5, 0.6) is 0 Å². The minimum atomic E-state index is -0.0573. The fraction of sp³-hybridized carbons (Fsp3) is 0.364. The van der Waals surface area contributed by atoms with Crippen LogP contribution in [0.15, 0.2) is 24.3 Å². The number of hydrogen-bond acceptors (Lipinski definition) is 2. The number of carbonyl (C=O) groups excluding carboxylic acids is 1. The van der Waals surface area contributed by atoms with Crippen LogP contribution < -0.4 is 5.32 Å². The van der Waals surface area contributed by atoms with Gasteiger partial charge in [0.1, 0.15) is 0 Å². The normalized spacial score (nSPS) is 12.2. The first-order chi connectivity index (χ1) is 7.13. The molecule has 1 amide bonds. The smallest absolute Gasteiger partial charge is 0.251 e. The molecule has 0 aliphatic heterocycles. The van der Waals surface area contributed by atoms with E-state index in [1.165, 1.54) is 0 Å². The summed E-state index contributed by atoms with van der Waals surface area (Å²) in [5, 5.41) is 2.86. The Bertz CT molecular complexity index is 341. The van der Waals surface area contributed by atoms with Crippen LogP contribution >= 0.6 is 22.6 Å². The first-order valence-corrected chi connectivity index (χ1v) is 5.76. The van der Waals surface area contributed by atoms with Crippen LogP contribution in [-0.4, -0.2) is 25.7 Å². The maximum Gasteiger partial charge on any atom is 0.251 e.